The standard InChI is InChI=1S/C23H26N4O4/c1-25-20(29)17-9-22(21(24)30,8-7-15-11-26-27-12-15)10-18-19(17)31-14-23(18,13-28)16-5-3-2-4-6-16/h2-6,9,11-12,28H,7-8,10,13-14H2,1H3,(H2,24,30)(H,25,29)(H,26,27). The number of primary amides is 1. The zero-order chi connectivity index (χ0) is 22.1. The number of H-pyrrole nitrogens is 1. The van der Waals surface area contributed by atoms with E-state index in [9.17, 15) is 14.7 Å². The number of benzene rings is 1. The molecule has 8 nitrogen and oxygen atoms in total. The van der Waals surface area contributed by atoms with E-state index in [1.165, 1.54) is 7.05 Å². The van der Waals surface area contributed by atoms with Crippen molar-refractivity contribution in [2.45, 2.75) is 24.7 Å². The fourth-order valence-corrected chi connectivity index (χ4v) is 4.56. The second-order valence-corrected chi connectivity index (χ2v) is 8.14. The summed E-state index contributed by atoms with van der Waals surface area (Å²) in [6.45, 7) is -0.0312. The van der Waals surface area contributed by atoms with Crippen molar-refractivity contribution >= 4 is 11.8 Å². The molecule has 31 heavy (non-hydrogen) atoms. The van der Waals surface area contributed by atoms with Gasteiger partial charge in [-0.05, 0) is 36.0 Å². The number of amides is 2. The van der Waals surface area contributed by atoms with Crippen molar-refractivity contribution in [2.24, 2.45) is 11.1 Å². The third kappa shape index (κ3) is 3.42. The minimum Gasteiger partial charge on any atom is -0.491 e. The molecule has 1 aliphatic heterocycles. The Morgan fingerprint density at radius 2 is 2.10 bits per heavy atom. The summed E-state index contributed by atoms with van der Waals surface area (Å²) in [5.74, 6) is -0.448. The van der Waals surface area contributed by atoms with Crippen LogP contribution in [-0.2, 0) is 26.2 Å². The lowest BCUT2D eigenvalue weighted by molar-refractivity contribution is -0.125. The number of ether oxygens (including phenoxy) is 1. The molecule has 0 saturated carbocycles. The Morgan fingerprint density at radius 3 is 2.71 bits per heavy atom. The summed E-state index contributed by atoms with van der Waals surface area (Å²) in [4.78, 5) is 25.6. The topological polar surface area (TPSA) is 130 Å². The van der Waals surface area contributed by atoms with Crippen molar-refractivity contribution in [2.75, 3.05) is 20.3 Å². The number of likely N-dealkylation sites (N-methyl/N-ethyl adjacent to an activating group) is 1. The van der Waals surface area contributed by atoms with Gasteiger partial charge >= 0.3 is 0 Å². The average Bonchev–Trinajstić information content (AvgIpc) is 3.45. The fraction of sp³-hybridized carbons (Fsp3) is 0.348. The number of nitrogens with zero attached hydrogens (tertiary/aromatic N) is 1. The van der Waals surface area contributed by atoms with E-state index in [4.69, 9.17) is 10.5 Å². The van der Waals surface area contributed by atoms with Crippen molar-refractivity contribution in [3.05, 3.63) is 76.8 Å². The van der Waals surface area contributed by atoms with Gasteiger partial charge in [-0.1, -0.05) is 36.4 Å². The van der Waals surface area contributed by atoms with Crippen LogP contribution < -0.4 is 11.1 Å². The molecular formula is C23H26N4O4. The van der Waals surface area contributed by atoms with Crippen LogP contribution in [0.3, 0.4) is 0 Å². The van der Waals surface area contributed by atoms with E-state index in [-0.39, 0.29) is 31.1 Å². The quantitative estimate of drug-likeness (QED) is 0.531. The maximum Gasteiger partial charge on any atom is 0.254 e. The highest BCUT2D eigenvalue weighted by molar-refractivity contribution is 6.00. The fourth-order valence-electron chi connectivity index (χ4n) is 4.56. The number of hydrogen-bond acceptors (Lipinski definition) is 5. The molecule has 2 heterocycles. The molecule has 2 atom stereocenters. The Balaban J connectivity index is 1.83. The Labute approximate surface area is 180 Å². The summed E-state index contributed by atoms with van der Waals surface area (Å²) in [7, 11) is 1.53. The van der Waals surface area contributed by atoms with Gasteiger partial charge in [0, 0.05) is 13.2 Å². The number of aliphatic hydroxyl groups excluding tert-OH is 1. The smallest absolute Gasteiger partial charge is 0.254 e. The van der Waals surface area contributed by atoms with E-state index in [1.54, 1.807) is 18.5 Å². The van der Waals surface area contributed by atoms with Gasteiger partial charge in [0.25, 0.3) is 5.91 Å². The molecule has 0 radical (unpaired) electrons. The highest BCUT2D eigenvalue weighted by atomic mass is 16.5. The van der Waals surface area contributed by atoms with Gasteiger partial charge in [0.1, 0.15) is 12.4 Å². The monoisotopic (exact) mass is 422 g/mol. The summed E-state index contributed by atoms with van der Waals surface area (Å²) in [5, 5.41) is 19.9. The Kier molecular flexibility index (Phi) is 5.41. The molecule has 2 aromatic rings. The largest absolute Gasteiger partial charge is 0.491 e. The van der Waals surface area contributed by atoms with Crippen molar-refractivity contribution in [1.82, 2.24) is 15.5 Å². The normalized spacial score (nSPS) is 24.9. The van der Waals surface area contributed by atoms with Crippen LogP contribution in [0.1, 0.15) is 24.0 Å². The Hall–Kier alpha value is -3.39. The number of hydrogen-bond donors (Lipinski definition) is 4. The number of carbonyl (C=O) groups is 2. The van der Waals surface area contributed by atoms with Gasteiger partial charge in [-0.15, -0.1) is 0 Å². The van der Waals surface area contributed by atoms with E-state index in [1.807, 2.05) is 30.3 Å². The lowest BCUT2D eigenvalue weighted by Crippen LogP contribution is -2.43. The first-order valence-corrected chi connectivity index (χ1v) is 10.2. The van der Waals surface area contributed by atoms with Gasteiger partial charge in [0.15, 0.2) is 0 Å². The number of nitrogens with one attached hydrogen (secondary N) is 2. The minimum atomic E-state index is -1.10. The van der Waals surface area contributed by atoms with Crippen LogP contribution in [-0.4, -0.2) is 47.4 Å². The van der Waals surface area contributed by atoms with Crippen LogP contribution in [0.15, 0.2) is 65.7 Å². The SMILES string of the molecule is CNC(=O)C1=CC(CCc2cn[nH]c2)(C(N)=O)CC2=C1OCC2(CO)c1ccccc1. The van der Waals surface area contributed by atoms with E-state index in [0.29, 0.717) is 18.6 Å². The number of nitrogens with two attached hydrogens (primary N) is 1. The molecule has 0 saturated heterocycles. The van der Waals surface area contributed by atoms with Gasteiger partial charge in [0.2, 0.25) is 5.91 Å². The summed E-state index contributed by atoms with van der Waals surface area (Å²) in [6, 6.07) is 9.53. The zero-order valence-electron chi connectivity index (χ0n) is 17.4. The Morgan fingerprint density at radius 1 is 1.32 bits per heavy atom. The molecule has 162 valence electrons. The molecule has 2 aliphatic rings. The van der Waals surface area contributed by atoms with E-state index in [0.717, 1.165) is 16.7 Å². The molecule has 0 bridgehead atoms. The number of rotatable bonds is 7. The van der Waals surface area contributed by atoms with E-state index >= 15 is 0 Å². The van der Waals surface area contributed by atoms with Crippen LogP contribution in [0, 0.1) is 5.41 Å². The van der Waals surface area contributed by atoms with Crippen LogP contribution in [0.2, 0.25) is 0 Å². The molecular weight excluding hydrogens is 396 g/mol. The molecule has 8 heteroatoms. The number of carbonyl (C=O) groups excluding carboxylic acids is 2. The number of aliphatic hydroxyl groups is 1. The van der Waals surface area contributed by atoms with Crippen molar-refractivity contribution in [3.63, 3.8) is 0 Å². The van der Waals surface area contributed by atoms with Crippen LogP contribution in [0.25, 0.3) is 0 Å². The lowest BCUT2D eigenvalue weighted by atomic mass is 9.64. The first kappa shape index (κ1) is 20.9. The first-order valence-electron chi connectivity index (χ1n) is 10.2. The molecule has 0 spiro atoms. The second kappa shape index (κ2) is 8.03. The highest BCUT2D eigenvalue weighted by Crippen LogP contribution is 2.52. The molecule has 1 aromatic heterocycles. The van der Waals surface area contributed by atoms with Gasteiger partial charge in [-0.25, -0.2) is 0 Å². The zero-order valence-corrected chi connectivity index (χ0v) is 17.4. The summed E-state index contributed by atoms with van der Waals surface area (Å²) >= 11 is 0. The number of aromatic nitrogens is 2. The predicted molar refractivity (Wildman–Crippen MR) is 113 cm³/mol. The lowest BCUT2D eigenvalue weighted by Gasteiger charge is -2.37. The van der Waals surface area contributed by atoms with Crippen LogP contribution in [0.5, 0.6) is 0 Å². The van der Waals surface area contributed by atoms with E-state index < -0.39 is 16.7 Å². The highest BCUT2D eigenvalue weighted by Gasteiger charge is 2.52. The number of aromatic amines is 1. The summed E-state index contributed by atoms with van der Waals surface area (Å²) in [5.41, 5.74) is 6.81. The van der Waals surface area contributed by atoms with Gasteiger partial charge in [-0.3, -0.25) is 14.7 Å². The molecule has 1 aliphatic carbocycles. The van der Waals surface area contributed by atoms with Crippen LogP contribution >= 0.6 is 0 Å². The average molecular weight is 422 g/mol. The van der Waals surface area contributed by atoms with Crippen molar-refractivity contribution in [3.8, 4) is 0 Å². The predicted octanol–water partition coefficient (Wildman–Crippen LogP) is 1.10. The first-order chi connectivity index (χ1) is 15.0. The number of aryl methyl sites for hydroxylation is 1. The van der Waals surface area contributed by atoms with Crippen molar-refractivity contribution < 1.29 is 19.4 Å². The van der Waals surface area contributed by atoms with E-state index in [2.05, 4.69) is 15.5 Å². The molecule has 0 fully saturated rings. The Bertz CT molecular complexity index is 1040. The van der Waals surface area contributed by atoms with Gasteiger partial charge in [0.05, 0.1) is 29.2 Å². The second-order valence-electron chi connectivity index (χ2n) is 8.14. The summed E-state index contributed by atoms with van der Waals surface area (Å²) < 4.78 is 6.00. The van der Waals surface area contributed by atoms with Gasteiger partial charge < -0.3 is 20.9 Å². The third-order valence-corrected chi connectivity index (χ3v) is 6.45. The maximum absolute atomic E-state index is 12.8. The van der Waals surface area contributed by atoms with Crippen molar-refractivity contribution in [1.29, 1.82) is 0 Å². The third-order valence-electron chi connectivity index (χ3n) is 6.45. The molecule has 5 N–H and O–H groups in total. The maximum atomic E-state index is 12.8. The molecule has 1 aromatic carbocycles. The summed E-state index contributed by atoms with van der Waals surface area (Å²) in [6.07, 6.45) is 6.34. The molecule has 4 rings (SSSR count). The molecule has 2 amide bonds. The van der Waals surface area contributed by atoms with Crippen LogP contribution in [0.4, 0.5) is 0 Å². The minimum absolute atomic E-state index is 0.184. The van der Waals surface area contributed by atoms with Gasteiger partial charge in [-0.2, -0.15) is 5.10 Å². The molecule has 2 unspecified atom stereocenters.